The number of hydrogen-bond donors (Lipinski definition) is 3. The summed E-state index contributed by atoms with van der Waals surface area (Å²) >= 11 is 12.2. The van der Waals surface area contributed by atoms with Gasteiger partial charge in [0.05, 0.1) is 10.0 Å². The van der Waals surface area contributed by atoms with Crippen molar-refractivity contribution in [2.45, 2.75) is 11.9 Å². The SMILES string of the molecule is O=C1N/C(=C\c2ccc(-c3cccc(Cl)c3Cl)o2)[C@H](C(=O)c2ccccc2)[C@](O)(C(F)(F)F)N1. The molecule has 34 heavy (non-hydrogen) atoms. The van der Waals surface area contributed by atoms with Crippen LogP contribution in [0, 0.1) is 5.92 Å². The van der Waals surface area contributed by atoms with Gasteiger partial charge in [0.25, 0.3) is 5.72 Å². The molecular weight excluding hydrogens is 496 g/mol. The number of carbonyl (C=O) groups excluding carboxylic acids is 2. The third-order valence-corrected chi connectivity index (χ3v) is 6.00. The van der Waals surface area contributed by atoms with E-state index in [-0.39, 0.29) is 27.1 Å². The fourth-order valence-corrected chi connectivity index (χ4v) is 3.97. The maximum atomic E-state index is 13.9. The van der Waals surface area contributed by atoms with Gasteiger partial charge in [0.15, 0.2) is 5.78 Å². The van der Waals surface area contributed by atoms with Gasteiger partial charge in [0, 0.05) is 22.9 Å². The largest absolute Gasteiger partial charge is 0.457 e. The van der Waals surface area contributed by atoms with Crippen LogP contribution in [0.5, 0.6) is 0 Å². The number of ketones is 1. The maximum absolute atomic E-state index is 13.9. The lowest BCUT2D eigenvalue weighted by Gasteiger charge is -2.41. The van der Waals surface area contributed by atoms with Crippen LogP contribution in [0.25, 0.3) is 17.4 Å². The summed E-state index contributed by atoms with van der Waals surface area (Å²) in [7, 11) is 0. The number of alkyl halides is 3. The molecule has 3 N–H and O–H groups in total. The van der Waals surface area contributed by atoms with Gasteiger partial charge in [-0.1, -0.05) is 59.6 Å². The minimum atomic E-state index is -5.37. The van der Waals surface area contributed by atoms with Gasteiger partial charge in [-0.05, 0) is 24.3 Å². The molecule has 176 valence electrons. The van der Waals surface area contributed by atoms with Gasteiger partial charge in [0.2, 0.25) is 0 Å². The first-order valence-corrected chi connectivity index (χ1v) is 10.5. The molecule has 0 unspecified atom stereocenters. The number of Topliss-reactive ketones (excluding diaryl/α,β-unsaturated/α-hetero) is 1. The zero-order valence-electron chi connectivity index (χ0n) is 17.0. The van der Waals surface area contributed by atoms with E-state index in [4.69, 9.17) is 27.6 Å². The number of furan rings is 1. The van der Waals surface area contributed by atoms with Gasteiger partial charge < -0.3 is 20.2 Å². The van der Waals surface area contributed by atoms with Crippen LogP contribution in [-0.4, -0.2) is 28.8 Å². The van der Waals surface area contributed by atoms with E-state index in [1.54, 1.807) is 24.3 Å². The van der Waals surface area contributed by atoms with E-state index in [1.165, 1.54) is 41.7 Å². The molecule has 0 aliphatic carbocycles. The monoisotopic (exact) mass is 510 g/mol. The highest BCUT2D eigenvalue weighted by atomic mass is 35.5. The van der Waals surface area contributed by atoms with Crippen molar-refractivity contribution in [3.8, 4) is 11.3 Å². The molecule has 1 saturated heterocycles. The van der Waals surface area contributed by atoms with Crippen molar-refractivity contribution in [2.24, 2.45) is 5.92 Å². The average molecular weight is 511 g/mol. The second kappa shape index (κ2) is 8.83. The van der Waals surface area contributed by atoms with Gasteiger partial charge in [-0.2, -0.15) is 13.2 Å². The molecule has 0 spiro atoms. The Morgan fingerprint density at radius 2 is 1.76 bits per heavy atom. The molecule has 0 bridgehead atoms. The van der Waals surface area contributed by atoms with E-state index in [0.717, 1.165) is 6.08 Å². The molecule has 2 aromatic carbocycles. The lowest BCUT2D eigenvalue weighted by atomic mass is 9.82. The molecule has 3 aromatic rings. The molecule has 0 radical (unpaired) electrons. The third kappa shape index (κ3) is 4.29. The molecule has 1 aliphatic heterocycles. The van der Waals surface area contributed by atoms with Crippen molar-refractivity contribution in [1.82, 2.24) is 10.6 Å². The van der Waals surface area contributed by atoms with Crippen molar-refractivity contribution < 1.29 is 32.3 Å². The highest BCUT2D eigenvalue weighted by molar-refractivity contribution is 6.43. The van der Waals surface area contributed by atoms with Crippen LogP contribution in [0.3, 0.4) is 0 Å². The van der Waals surface area contributed by atoms with E-state index in [9.17, 15) is 27.9 Å². The summed E-state index contributed by atoms with van der Waals surface area (Å²) in [5.74, 6) is -3.06. The summed E-state index contributed by atoms with van der Waals surface area (Å²) in [6.07, 6.45) is -4.33. The van der Waals surface area contributed by atoms with Crippen LogP contribution in [0.2, 0.25) is 10.0 Å². The van der Waals surface area contributed by atoms with Crippen molar-refractivity contribution in [1.29, 1.82) is 0 Å². The number of amides is 2. The zero-order valence-corrected chi connectivity index (χ0v) is 18.5. The Morgan fingerprint density at radius 3 is 2.44 bits per heavy atom. The summed E-state index contributed by atoms with van der Waals surface area (Å²) in [4.78, 5) is 25.2. The summed E-state index contributed by atoms with van der Waals surface area (Å²) in [6.45, 7) is 0. The molecule has 11 heteroatoms. The smallest absolute Gasteiger partial charge is 0.437 e. The van der Waals surface area contributed by atoms with Gasteiger partial charge >= 0.3 is 12.2 Å². The summed E-state index contributed by atoms with van der Waals surface area (Å²) in [6, 6.07) is 13.5. The van der Waals surface area contributed by atoms with Gasteiger partial charge in [-0.3, -0.25) is 4.79 Å². The Balaban J connectivity index is 1.81. The number of urea groups is 1. The molecular formula is C23H15Cl2F3N2O4. The molecule has 6 nitrogen and oxygen atoms in total. The van der Waals surface area contributed by atoms with Crippen LogP contribution in [0.15, 0.2) is 70.8 Å². The Labute approximate surface area is 201 Å². The Kier molecular flexibility index (Phi) is 6.20. The van der Waals surface area contributed by atoms with E-state index >= 15 is 0 Å². The van der Waals surface area contributed by atoms with Gasteiger partial charge in [-0.25, -0.2) is 4.79 Å². The van der Waals surface area contributed by atoms with Crippen molar-refractivity contribution >= 4 is 41.1 Å². The Hall–Kier alpha value is -3.27. The van der Waals surface area contributed by atoms with Crippen molar-refractivity contribution in [2.75, 3.05) is 0 Å². The molecule has 2 atom stereocenters. The first kappa shape index (κ1) is 23.9. The Bertz CT molecular complexity index is 1290. The average Bonchev–Trinajstić information content (AvgIpc) is 3.23. The van der Waals surface area contributed by atoms with E-state index < -0.39 is 35.3 Å². The number of rotatable bonds is 4. The molecule has 0 saturated carbocycles. The van der Waals surface area contributed by atoms with Crippen LogP contribution >= 0.6 is 23.2 Å². The highest BCUT2D eigenvalue weighted by Crippen LogP contribution is 2.41. The first-order chi connectivity index (χ1) is 16.0. The quantitative estimate of drug-likeness (QED) is 0.395. The zero-order chi connectivity index (χ0) is 24.7. The minimum Gasteiger partial charge on any atom is -0.457 e. The lowest BCUT2D eigenvalue weighted by Crippen LogP contribution is -2.71. The molecule has 2 amide bonds. The first-order valence-electron chi connectivity index (χ1n) is 9.74. The standard InChI is InChI=1S/C23H15Cl2F3N2O4/c24-15-8-4-7-14(19(15)25)17-10-9-13(34-17)11-16-18(20(31)12-5-2-1-3-6-12)22(33,23(26,27)28)30-21(32)29-16/h1-11,18,33H,(H2,29,30,32)/b16-11-/t18-,22+/m1/s1. The molecule has 2 heterocycles. The van der Waals surface area contributed by atoms with Crippen molar-refractivity contribution in [3.05, 3.63) is 87.7 Å². The predicted octanol–water partition coefficient (Wildman–Crippen LogP) is 5.66. The second-order valence-electron chi connectivity index (χ2n) is 7.41. The van der Waals surface area contributed by atoms with E-state index in [2.05, 4.69) is 5.32 Å². The number of halogens is 5. The predicted molar refractivity (Wildman–Crippen MR) is 119 cm³/mol. The molecule has 1 aliphatic rings. The van der Waals surface area contributed by atoms with Crippen LogP contribution in [0.1, 0.15) is 16.1 Å². The second-order valence-corrected chi connectivity index (χ2v) is 8.19. The summed E-state index contributed by atoms with van der Waals surface area (Å²) < 4.78 is 47.4. The van der Waals surface area contributed by atoms with Crippen LogP contribution in [-0.2, 0) is 0 Å². The van der Waals surface area contributed by atoms with E-state index in [1.807, 2.05) is 0 Å². The summed E-state index contributed by atoms with van der Waals surface area (Å²) in [5.41, 5.74) is -4.03. The Morgan fingerprint density at radius 1 is 1.06 bits per heavy atom. The molecule has 4 rings (SSSR count). The number of nitrogens with one attached hydrogen (secondary N) is 2. The number of aliphatic hydroxyl groups is 1. The van der Waals surface area contributed by atoms with Crippen LogP contribution in [0.4, 0.5) is 18.0 Å². The highest BCUT2D eigenvalue weighted by Gasteiger charge is 2.65. The topological polar surface area (TPSA) is 91.6 Å². The fraction of sp³-hybridized carbons (Fsp3) is 0.130. The third-order valence-electron chi connectivity index (χ3n) is 5.19. The normalized spacial score (nSPS) is 21.8. The lowest BCUT2D eigenvalue weighted by molar-refractivity contribution is -0.279. The molecule has 1 fully saturated rings. The van der Waals surface area contributed by atoms with E-state index in [0.29, 0.717) is 5.56 Å². The summed E-state index contributed by atoms with van der Waals surface area (Å²) in [5, 5.41) is 14.7. The van der Waals surface area contributed by atoms with Gasteiger partial charge in [-0.15, -0.1) is 0 Å². The van der Waals surface area contributed by atoms with Crippen LogP contribution < -0.4 is 10.6 Å². The molecule has 1 aromatic heterocycles. The maximum Gasteiger partial charge on any atom is 0.437 e. The number of benzene rings is 2. The minimum absolute atomic E-state index is 0.00127. The number of hydrogen-bond acceptors (Lipinski definition) is 4. The number of carbonyl (C=O) groups is 2. The fourth-order valence-electron chi connectivity index (χ4n) is 3.58. The van der Waals surface area contributed by atoms with Crippen molar-refractivity contribution in [3.63, 3.8) is 0 Å². The van der Waals surface area contributed by atoms with Gasteiger partial charge in [0.1, 0.15) is 17.4 Å².